The monoisotopic (exact) mass is 255 g/mol. The first-order valence-corrected chi connectivity index (χ1v) is 6.20. The van der Waals surface area contributed by atoms with Crippen LogP contribution in [-0.2, 0) is 0 Å². The van der Waals surface area contributed by atoms with Crippen molar-refractivity contribution in [3.05, 3.63) is 29.6 Å². The molecule has 1 aromatic carbocycles. The van der Waals surface area contributed by atoms with Gasteiger partial charge in [-0.1, -0.05) is 19.9 Å². The summed E-state index contributed by atoms with van der Waals surface area (Å²) in [6.07, 6.45) is 0. The zero-order valence-electron chi connectivity index (χ0n) is 11.4. The van der Waals surface area contributed by atoms with Crippen molar-refractivity contribution in [2.45, 2.75) is 32.9 Å². The Morgan fingerprint density at radius 2 is 2.00 bits per heavy atom. The summed E-state index contributed by atoms with van der Waals surface area (Å²) in [6, 6.07) is 4.49. The van der Waals surface area contributed by atoms with Gasteiger partial charge in [-0.25, -0.2) is 4.39 Å². The van der Waals surface area contributed by atoms with Crippen LogP contribution in [-0.4, -0.2) is 24.9 Å². The van der Waals surface area contributed by atoms with E-state index in [1.807, 2.05) is 20.8 Å². The van der Waals surface area contributed by atoms with Crippen LogP contribution in [0.1, 0.15) is 32.4 Å². The second kappa shape index (κ2) is 6.71. The Morgan fingerprint density at radius 1 is 1.33 bits per heavy atom. The van der Waals surface area contributed by atoms with Gasteiger partial charge in [0, 0.05) is 17.6 Å². The maximum absolute atomic E-state index is 13.9. The number of aliphatic hydroxyl groups is 1. The summed E-state index contributed by atoms with van der Waals surface area (Å²) in [5.74, 6) is 0.500. The minimum absolute atomic E-state index is 0.0266. The number of methoxy groups -OCH3 is 1. The second-order valence-corrected chi connectivity index (χ2v) is 4.78. The molecule has 2 atom stereocenters. The highest BCUT2D eigenvalue weighted by molar-refractivity contribution is 5.36. The maximum atomic E-state index is 13.9. The lowest BCUT2D eigenvalue weighted by Crippen LogP contribution is -2.39. The highest BCUT2D eigenvalue weighted by Gasteiger charge is 2.20. The van der Waals surface area contributed by atoms with E-state index in [4.69, 9.17) is 4.74 Å². The van der Waals surface area contributed by atoms with Crippen molar-refractivity contribution in [1.82, 2.24) is 5.32 Å². The zero-order valence-corrected chi connectivity index (χ0v) is 11.4. The predicted molar refractivity (Wildman–Crippen MR) is 70.2 cm³/mol. The molecule has 3 nitrogen and oxygen atoms in total. The van der Waals surface area contributed by atoms with Gasteiger partial charge in [0.05, 0.1) is 13.7 Å². The van der Waals surface area contributed by atoms with Gasteiger partial charge in [0.15, 0.2) is 0 Å². The van der Waals surface area contributed by atoms with Crippen molar-refractivity contribution in [1.29, 1.82) is 0 Å². The molecule has 2 unspecified atom stereocenters. The third-order valence-corrected chi connectivity index (χ3v) is 3.13. The Labute approximate surface area is 108 Å². The molecule has 2 N–H and O–H groups in total. The molecule has 0 spiro atoms. The molecule has 0 aliphatic heterocycles. The molecule has 18 heavy (non-hydrogen) atoms. The first-order valence-electron chi connectivity index (χ1n) is 6.20. The van der Waals surface area contributed by atoms with E-state index in [-0.39, 0.29) is 30.4 Å². The Kier molecular flexibility index (Phi) is 5.56. The molecule has 0 amide bonds. The first-order chi connectivity index (χ1) is 8.51. The van der Waals surface area contributed by atoms with Crippen molar-refractivity contribution in [2.75, 3.05) is 13.7 Å². The fourth-order valence-electron chi connectivity index (χ4n) is 1.98. The van der Waals surface area contributed by atoms with E-state index in [1.165, 1.54) is 13.2 Å². The molecular weight excluding hydrogens is 233 g/mol. The number of hydrogen-bond donors (Lipinski definition) is 2. The minimum Gasteiger partial charge on any atom is -0.496 e. The van der Waals surface area contributed by atoms with Crippen LogP contribution in [0, 0.1) is 11.7 Å². The quantitative estimate of drug-likeness (QED) is 0.820. The minimum atomic E-state index is -0.296. The largest absolute Gasteiger partial charge is 0.496 e. The molecule has 4 heteroatoms. The van der Waals surface area contributed by atoms with Gasteiger partial charge in [0.25, 0.3) is 0 Å². The van der Waals surface area contributed by atoms with Crippen molar-refractivity contribution >= 4 is 0 Å². The van der Waals surface area contributed by atoms with E-state index in [0.717, 1.165) is 0 Å². The molecule has 102 valence electrons. The van der Waals surface area contributed by atoms with Crippen LogP contribution in [0.5, 0.6) is 5.75 Å². The van der Waals surface area contributed by atoms with Crippen LogP contribution in [0.4, 0.5) is 4.39 Å². The number of ether oxygens (including phenoxy) is 1. The fraction of sp³-hybridized carbons (Fsp3) is 0.571. The van der Waals surface area contributed by atoms with Crippen molar-refractivity contribution in [3.63, 3.8) is 0 Å². The van der Waals surface area contributed by atoms with Crippen LogP contribution in [0.25, 0.3) is 0 Å². The number of aliphatic hydroxyl groups excluding tert-OH is 1. The highest BCUT2D eigenvalue weighted by Crippen LogP contribution is 2.28. The molecule has 0 bridgehead atoms. The summed E-state index contributed by atoms with van der Waals surface area (Å²) in [6.45, 7) is 5.92. The van der Waals surface area contributed by atoms with E-state index in [9.17, 15) is 9.50 Å². The normalized spacial score (nSPS) is 14.6. The van der Waals surface area contributed by atoms with Gasteiger partial charge in [-0.15, -0.1) is 0 Å². The topological polar surface area (TPSA) is 41.5 Å². The molecule has 0 heterocycles. The van der Waals surface area contributed by atoms with Crippen LogP contribution < -0.4 is 10.1 Å². The predicted octanol–water partition coefficient (Wildman–Crippen LogP) is 2.50. The maximum Gasteiger partial charge on any atom is 0.131 e. The smallest absolute Gasteiger partial charge is 0.131 e. The highest BCUT2D eigenvalue weighted by atomic mass is 19.1. The van der Waals surface area contributed by atoms with Crippen molar-refractivity contribution < 1.29 is 14.2 Å². The number of nitrogens with one attached hydrogen (secondary N) is 1. The zero-order chi connectivity index (χ0) is 13.7. The van der Waals surface area contributed by atoms with Crippen LogP contribution in [0.15, 0.2) is 18.2 Å². The molecule has 0 saturated heterocycles. The van der Waals surface area contributed by atoms with Gasteiger partial charge in [0.1, 0.15) is 11.6 Å². The molecule has 0 saturated carbocycles. The van der Waals surface area contributed by atoms with Gasteiger partial charge in [-0.2, -0.15) is 0 Å². The van der Waals surface area contributed by atoms with E-state index in [1.54, 1.807) is 12.1 Å². The number of halogens is 1. The van der Waals surface area contributed by atoms with E-state index < -0.39 is 0 Å². The van der Waals surface area contributed by atoms with Gasteiger partial charge in [-0.3, -0.25) is 0 Å². The summed E-state index contributed by atoms with van der Waals surface area (Å²) < 4.78 is 19.0. The Bertz CT molecular complexity index is 382. The van der Waals surface area contributed by atoms with E-state index in [0.29, 0.717) is 11.3 Å². The Balaban J connectivity index is 2.93. The summed E-state index contributed by atoms with van der Waals surface area (Å²) in [4.78, 5) is 0. The van der Waals surface area contributed by atoms with Crippen molar-refractivity contribution in [2.24, 2.45) is 5.92 Å². The summed E-state index contributed by atoms with van der Waals surface area (Å²) in [5.41, 5.74) is 0.499. The molecule has 0 aliphatic carbocycles. The fourth-order valence-corrected chi connectivity index (χ4v) is 1.98. The third-order valence-electron chi connectivity index (χ3n) is 3.13. The van der Waals surface area contributed by atoms with Crippen LogP contribution in [0.3, 0.4) is 0 Å². The molecule has 1 aromatic rings. The molecule has 0 fully saturated rings. The summed E-state index contributed by atoms with van der Waals surface area (Å²) in [5, 5.41) is 12.5. The average Bonchev–Trinajstić information content (AvgIpc) is 2.34. The third kappa shape index (κ3) is 3.43. The van der Waals surface area contributed by atoms with Gasteiger partial charge < -0.3 is 15.2 Å². The number of benzene rings is 1. The lowest BCUT2D eigenvalue weighted by atomic mass is 10.0. The summed E-state index contributed by atoms with van der Waals surface area (Å²) in [7, 11) is 1.52. The SMILES string of the molecule is COc1cccc(F)c1C(C)NC(CO)C(C)C. The lowest BCUT2D eigenvalue weighted by Gasteiger charge is -2.26. The van der Waals surface area contributed by atoms with E-state index in [2.05, 4.69) is 5.32 Å². The number of rotatable bonds is 6. The average molecular weight is 255 g/mol. The second-order valence-electron chi connectivity index (χ2n) is 4.78. The Hall–Kier alpha value is -1.13. The van der Waals surface area contributed by atoms with Gasteiger partial charge in [-0.05, 0) is 25.0 Å². The lowest BCUT2D eigenvalue weighted by molar-refractivity contribution is 0.200. The summed E-state index contributed by atoms with van der Waals surface area (Å²) >= 11 is 0. The molecule has 1 rings (SSSR count). The molecule has 0 radical (unpaired) electrons. The molecule has 0 aliphatic rings. The first kappa shape index (κ1) is 14.9. The van der Waals surface area contributed by atoms with Gasteiger partial charge in [0.2, 0.25) is 0 Å². The number of hydrogen-bond acceptors (Lipinski definition) is 3. The van der Waals surface area contributed by atoms with Crippen LogP contribution in [0.2, 0.25) is 0 Å². The molecule has 0 aromatic heterocycles. The standard InChI is InChI=1S/C14H22FNO2/c1-9(2)12(8-17)16-10(3)14-11(15)6-5-7-13(14)18-4/h5-7,9-10,12,16-17H,8H2,1-4H3. The van der Waals surface area contributed by atoms with Gasteiger partial charge >= 0.3 is 0 Å². The van der Waals surface area contributed by atoms with Crippen molar-refractivity contribution in [3.8, 4) is 5.75 Å². The molecular formula is C14H22FNO2. The van der Waals surface area contributed by atoms with E-state index >= 15 is 0 Å². The van der Waals surface area contributed by atoms with Crippen LogP contribution >= 0.6 is 0 Å². The Morgan fingerprint density at radius 3 is 2.50 bits per heavy atom.